The summed E-state index contributed by atoms with van der Waals surface area (Å²) >= 11 is 3.32. The summed E-state index contributed by atoms with van der Waals surface area (Å²) in [6.45, 7) is 3.87. The van der Waals surface area contributed by atoms with Gasteiger partial charge in [0.05, 0.1) is 0 Å². The molecule has 0 heterocycles. The largest absolute Gasteiger partial charge is 0.480 e. The van der Waals surface area contributed by atoms with Crippen LogP contribution in [0.5, 0.6) is 0 Å². The first-order chi connectivity index (χ1) is 8.93. The van der Waals surface area contributed by atoms with Crippen molar-refractivity contribution in [1.29, 1.82) is 0 Å². The van der Waals surface area contributed by atoms with E-state index in [1.807, 2.05) is 19.9 Å². The van der Waals surface area contributed by atoms with E-state index in [4.69, 9.17) is 5.11 Å². The molecule has 0 aromatic heterocycles. The first kappa shape index (κ1) is 15.7. The number of benzene rings is 1. The van der Waals surface area contributed by atoms with Gasteiger partial charge >= 0.3 is 5.97 Å². The van der Waals surface area contributed by atoms with E-state index < -0.39 is 12.0 Å². The van der Waals surface area contributed by atoms with Gasteiger partial charge in [0.15, 0.2) is 0 Å². The number of nitrogens with one attached hydrogen (secondary N) is 1. The maximum atomic E-state index is 12.0. The lowest BCUT2D eigenvalue weighted by Crippen LogP contribution is -2.40. The van der Waals surface area contributed by atoms with Crippen LogP contribution in [-0.2, 0) is 4.79 Å². The number of carboxylic acids is 1. The minimum absolute atomic E-state index is 0.354. The van der Waals surface area contributed by atoms with Crippen molar-refractivity contribution >= 4 is 27.8 Å². The second kappa shape index (κ2) is 7.28. The summed E-state index contributed by atoms with van der Waals surface area (Å²) in [5.41, 5.74) is 1.41. The van der Waals surface area contributed by atoms with Crippen LogP contribution < -0.4 is 5.32 Å². The maximum absolute atomic E-state index is 12.0. The van der Waals surface area contributed by atoms with E-state index in [0.717, 1.165) is 22.9 Å². The van der Waals surface area contributed by atoms with Crippen molar-refractivity contribution in [3.63, 3.8) is 0 Å². The van der Waals surface area contributed by atoms with Gasteiger partial charge in [-0.05, 0) is 37.1 Å². The molecule has 0 fully saturated rings. The SMILES string of the molecule is CCCC[C@H](NC(=O)c1cc(C)cc(Br)c1)C(=O)O. The molecule has 104 valence electrons. The summed E-state index contributed by atoms with van der Waals surface area (Å²) in [4.78, 5) is 23.1. The Balaban J connectivity index is 2.78. The Bertz CT molecular complexity index is 454. The van der Waals surface area contributed by atoms with E-state index in [2.05, 4.69) is 21.2 Å². The average Bonchev–Trinajstić information content (AvgIpc) is 2.32. The Kier molecular flexibility index (Phi) is 6.02. The Hall–Kier alpha value is -1.36. The normalized spacial score (nSPS) is 11.9. The molecule has 0 spiro atoms. The molecule has 0 aliphatic rings. The Morgan fingerprint density at radius 1 is 1.37 bits per heavy atom. The molecule has 2 N–H and O–H groups in total. The van der Waals surface area contributed by atoms with E-state index in [-0.39, 0.29) is 5.91 Å². The van der Waals surface area contributed by atoms with Gasteiger partial charge in [0, 0.05) is 10.0 Å². The lowest BCUT2D eigenvalue weighted by molar-refractivity contribution is -0.139. The second-order valence-corrected chi connectivity index (χ2v) is 5.44. The number of carbonyl (C=O) groups excluding carboxylic acids is 1. The zero-order valence-corrected chi connectivity index (χ0v) is 12.7. The fourth-order valence-corrected chi connectivity index (χ4v) is 2.38. The molecule has 1 rings (SSSR count). The van der Waals surface area contributed by atoms with Crippen molar-refractivity contribution in [2.45, 2.75) is 39.2 Å². The van der Waals surface area contributed by atoms with Crippen molar-refractivity contribution in [3.05, 3.63) is 33.8 Å². The fraction of sp³-hybridized carbons (Fsp3) is 0.429. The molecule has 0 radical (unpaired) electrons. The van der Waals surface area contributed by atoms with E-state index in [1.54, 1.807) is 12.1 Å². The molecular weight excluding hydrogens is 310 g/mol. The van der Waals surface area contributed by atoms with Crippen LogP contribution in [0.2, 0.25) is 0 Å². The molecule has 4 nitrogen and oxygen atoms in total. The molecular formula is C14H18BrNO3. The third-order valence-electron chi connectivity index (χ3n) is 2.75. The Morgan fingerprint density at radius 3 is 2.58 bits per heavy atom. The van der Waals surface area contributed by atoms with Crippen molar-refractivity contribution in [2.24, 2.45) is 0 Å². The third-order valence-corrected chi connectivity index (χ3v) is 3.21. The molecule has 1 aromatic rings. The summed E-state index contributed by atoms with van der Waals surface area (Å²) < 4.78 is 0.804. The smallest absolute Gasteiger partial charge is 0.326 e. The highest BCUT2D eigenvalue weighted by atomic mass is 79.9. The monoisotopic (exact) mass is 327 g/mol. The Morgan fingerprint density at radius 2 is 2.05 bits per heavy atom. The maximum Gasteiger partial charge on any atom is 0.326 e. The molecule has 0 bridgehead atoms. The fourth-order valence-electron chi connectivity index (χ4n) is 1.77. The molecule has 0 saturated carbocycles. The standard InChI is InChI=1S/C14H18BrNO3/c1-3-4-5-12(14(18)19)16-13(17)10-6-9(2)7-11(15)8-10/h6-8,12H,3-5H2,1-2H3,(H,16,17)(H,18,19)/t12-/m0/s1. The van der Waals surface area contributed by atoms with E-state index >= 15 is 0 Å². The predicted molar refractivity (Wildman–Crippen MR) is 77.3 cm³/mol. The minimum atomic E-state index is -0.992. The van der Waals surface area contributed by atoms with Gasteiger partial charge in [0.1, 0.15) is 6.04 Å². The van der Waals surface area contributed by atoms with E-state index in [0.29, 0.717) is 12.0 Å². The highest BCUT2D eigenvalue weighted by Gasteiger charge is 2.20. The molecule has 1 aromatic carbocycles. The van der Waals surface area contributed by atoms with Crippen molar-refractivity contribution in [3.8, 4) is 0 Å². The van der Waals surface area contributed by atoms with Gasteiger partial charge in [-0.3, -0.25) is 4.79 Å². The summed E-state index contributed by atoms with van der Waals surface area (Å²) in [6, 6.07) is 4.48. The number of halogens is 1. The first-order valence-corrected chi connectivity index (χ1v) is 7.04. The number of hydrogen-bond acceptors (Lipinski definition) is 2. The first-order valence-electron chi connectivity index (χ1n) is 6.25. The number of unbranched alkanes of at least 4 members (excludes halogenated alkanes) is 1. The van der Waals surface area contributed by atoms with Crippen LogP contribution in [-0.4, -0.2) is 23.0 Å². The third kappa shape index (κ3) is 5.03. The van der Waals surface area contributed by atoms with Gasteiger partial charge in [0.25, 0.3) is 5.91 Å². The summed E-state index contributed by atoms with van der Waals surface area (Å²) in [5, 5.41) is 11.6. The van der Waals surface area contributed by atoms with E-state index in [1.165, 1.54) is 0 Å². The minimum Gasteiger partial charge on any atom is -0.480 e. The van der Waals surface area contributed by atoms with Crippen LogP contribution in [0.15, 0.2) is 22.7 Å². The average molecular weight is 328 g/mol. The van der Waals surface area contributed by atoms with Crippen LogP contribution in [0.3, 0.4) is 0 Å². The van der Waals surface area contributed by atoms with Gasteiger partial charge in [-0.25, -0.2) is 4.79 Å². The number of carbonyl (C=O) groups is 2. The van der Waals surface area contributed by atoms with Gasteiger partial charge < -0.3 is 10.4 Å². The summed E-state index contributed by atoms with van der Waals surface area (Å²) in [5.74, 6) is -1.35. The molecule has 0 aliphatic heterocycles. The van der Waals surface area contributed by atoms with Crippen LogP contribution in [0.4, 0.5) is 0 Å². The molecule has 0 unspecified atom stereocenters. The number of amides is 1. The van der Waals surface area contributed by atoms with Gasteiger partial charge in [-0.15, -0.1) is 0 Å². The Labute approximate surface area is 121 Å². The molecule has 0 aliphatic carbocycles. The van der Waals surface area contributed by atoms with E-state index in [9.17, 15) is 9.59 Å². The van der Waals surface area contributed by atoms with Crippen LogP contribution in [0, 0.1) is 6.92 Å². The summed E-state index contributed by atoms with van der Waals surface area (Å²) in [6.07, 6.45) is 2.12. The number of aryl methyl sites for hydroxylation is 1. The predicted octanol–water partition coefficient (Wildman–Crippen LogP) is 3.13. The highest BCUT2D eigenvalue weighted by molar-refractivity contribution is 9.10. The lowest BCUT2D eigenvalue weighted by Gasteiger charge is -2.14. The highest BCUT2D eigenvalue weighted by Crippen LogP contribution is 2.15. The van der Waals surface area contributed by atoms with Crippen molar-refractivity contribution in [1.82, 2.24) is 5.32 Å². The molecule has 1 atom stereocenters. The van der Waals surface area contributed by atoms with Gasteiger partial charge in [-0.1, -0.05) is 35.7 Å². The van der Waals surface area contributed by atoms with Crippen LogP contribution in [0.25, 0.3) is 0 Å². The lowest BCUT2D eigenvalue weighted by atomic mass is 10.1. The zero-order chi connectivity index (χ0) is 14.4. The number of hydrogen-bond donors (Lipinski definition) is 2. The van der Waals surface area contributed by atoms with Crippen LogP contribution in [0.1, 0.15) is 42.1 Å². The summed E-state index contributed by atoms with van der Waals surface area (Å²) in [7, 11) is 0. The molecule has 5 heteroatoms. The molecule has 19 heavy (non-hydrogen) atoms. The second-order valence-electron chi connectivity index (χ2n) is 4.52. The van der Waals surface area contributed by atoms with Gasteiger partial charge in [0.2, 0.25) is 0 Å². The topological polar surface area (TPSA) is 66.4 Å². The van der Waals surface area contributed by atoms with Crippen molar-refractivity contribution in [2.75, 3.05) is 0 Å². The number of carboxylic acid groups (broad SMARTS) is 1. The number of aliphatic carboxylic acids is 1. The van der Waals surface area contributed by atoms with Crippen molar-refractivity contribution < 1.29 is 14.7 Å². The van der Waals surface area contributed by atoms with Crippen LogP contribution >= 0.6 is 15.9 Å². The molecule has 0 saturated heterocycles. The van der Waals surface area contributed by atoms with Gasteiger partial charge in [-0.2, -0.15) is 0 Å². The quantitative estimate of drug-likeness (QED) is 0.843. The number of rotatable bonds is 6. The molecule has 1 amide bonds. The zero-order valence-electron chi connectivity index (χ0n) is 11.1.